The van der Waals surface area contributed by atoms with E-state index in [9.17, 15) is 4.79 Å². The highest BCUT2D eigenvalue weighted by Crippen LogP contribution is 2.32. The minimum Gasteiger partial charge on any atom is -0.467 e. The van der Waals surface area contributed by atoms with Crippen molar-refractivity contribution in [1.29, 1.82) is 0 Å². The second kappa shape index (κ2) is 17.0. The summed E-state index contributed by atoms with van der Waals surface area (Å²) >= 11 is 3.55. The number of nitrogens with zero attached hydrogens (tertiary/aromatic N) is 2. The van der Waals surface area contributed by atoms with Crippen molar-refractivity contribution in [3.63, 3.8) is 0 Å². The molecule has 0 fully saturated rings. The van der Waals surface area contributed by atoms with Gasteiger partial charge in [0.1, 0.15) is 17.1 Å². The Morgan fingerprint density at radius 2 is 1.23 bits per heavy atom. The molecule has 2 aromatic carbocycles. The fraction of sp³-hybridized carbons (Fsp3) is 0.424. The van der Waals surface area contributed by atoms with Crippen LogP contribution in [0.5, 0.6) is 11.5 Å². The smallest absolute Gasteiger partial charge is 0.344 e. The molecule has 238 valence electrons. The number of halogens is 1. The van der Waals surface area contributed by atoms with E-state index in [-0.39, 0.29) is 13.6 Å². The van der Waals surface area contributed by atoms with Crippen molar-refractivity contribution >= 4 is 59.9 Å². The van der Waals surface area contributed by atoms with Crippen LogP contribution in [0.15, 0.2) is 65.4 Å². The van der Waals surface area contributed by atoms with E-state index >= 15 is 0 Å². The highest BCUT2D eigenvalue weighted by atomic mass is 79.9. The van der Waals surface area contributed by atoms with Gasteiger partial charge in [0.2, 0.25) is 0 Å². The third kappa shape index (κ3) is 11.6. The average Bonchev–Trinajstić information content (AvgIpc) is 2.97. The molecule has 0 unspecified atom stereocenters. The van der Waals surface area contributed by atoms with Gasteiger partial charge in [0.15, 0.2) is 13.6 Å². The third-order valence-corrected chi connectivity index (χ3v) is 10.7. The Labute approximate surface area is 271 Å². The summed E-state index contributed by atoms with van der Waals surface area (Å²) in [6, 6.07) is 17.5. The molecular formula is C33H45BrN2O6Si2. The van der Waals surface area contributed by atoms with Crippen molar-refractivity contribution in [2.75, 3.05) is 33.4 Å². The number of aromatic nitrogens is 2. The molecule has 0 atom stereocenters. The highest BCUT2D eigenvalue weighted by molar-refractivity contribution is 9.10. The van der Waals surface area contributed by atoms with Crippen LogP contribution in [0.4, 0.5) is 0 Å². The number of ether oxygens (including phenoxy) is 5. The van der Waals surface area contributed by atoms with Crippen molar-refractivity contribution in [3.05, 3.63) is 71.0 Å². The van der Waals surface area contributed by atoms with Crippen LogP contribution in [0.25, 0.3) is 21.8 Å². The highest BCUT2D eigenvalue weighted by Gasteiger charge is 2.19. The Kier molecular flexibility index (Phi) is 13.8. The SMILES string of the molecule is CCOC(=O)c1c(OCOCC[Si](C)(C)C)ccc2cccnc12.C[Si](C)(C)CCOCOc1ccc2cccnc2c1Br. The largest absolute Gasteiger partial charge is 0.467 e. The van der Waals surface area contributed by atoms with Crippen molar-refractivity contribution in [2.45, 2.75) is 58.3 Å². The molecule has 0 saturated heterocycles. The molecule has 8 nitrogen and oxygen atoms in total. The fourth-order valence-electron chi connectivity index (χ4n) is 3.93. The van der Waals surface area contributed by atoms with Gasteiger partial charge in [-0.1, -0.05) is 51.4 Å². The summed E-state index contributed by atoms with van der Waals surface area (Å²) in [7, 11) is -2.16. The number of hydrogen-bond acceptors (Lipinski definition) is 8. The second-order valence-electron chi connectivity index (χ2n) is 12.6. The van der Waals surface area contributed by atoms with E-state index in [2.05, 4.69) is 65.2 Å². The molecule has 4 rings (SSSR count). The first-order valence-electron chi connectivity index (χ1n) is 14.9. The normalized spacial score (nSPS) is 11.6. The molecule has 0 spiro atoms. The predicted molar refractivity (Wildman–Crippen MR) is 186 cm³/mol. The lowest BCUT2D eigenvalue weighted by Crippen LogP contribution is -2.22. The van der Waals surface area contributed by atoms with E-state index in [1.165, 1.54) is 0 Å². The summed E-state index contributed by atoms with van der Waals surface area (Å²) in [5.41, 5.74) is 1.84. The monoisotopic (exact) mass is 700 g/mol. The lowest BCUT2D eigenvalue weighted by atomic mass is 10.1. The van der Waals surface area contributed by atoms with E-state index in [1.807, 2.05) is 42.5 Å². The molecule has 11 heteroatoms. The van der Waals surface area contributed by atoms with Crippen LogP contribution in [0.1, 0.15) is 17.3 Å². The Hall–Kier alpha value is -2.84. The summed E-state index contributed by atoms with van der Waals surface area (Å²) in [5.74, 6) is 0.774. The Morgan fingerprint density at radius 3 is 1.77 bits per heavy atom. The van der Waals surface area contributed by atoms with E-state index < -0.39 is 22.1 Å². The van der Waals surface area contributed by atoms with Crippen LogP contribution in [-0.2, 0) is 14.2 Å². The molecule has 2 heterocycles. The Bertz CT molecular complexity index is 1510. The maximum absolute atomic E-state index is 12.3. The molecule has 0 aliphatic rings. The van der Waals surface area contributed by atoms with Gasteiger partial charge in [-0.3, -0.25) is 9.97 Å². The molecule has 0 N–H and O–H groups in total. The predicted octanol–water partition coefficient (Wildman–Crippen LogP) is 8.79. The van der Waals surface area contributed by atoms with E-state index in [1.54, 1.807) is 25.4 Å². The zero-order valence-corrected chi connectivity index (χ0v) is 30.5. The summed E-state index contributed by atoms with van der Waals surface area (Å²) in [6.07, 6.45) is 3.43. The summed E-state index contributed by atoms with van der Waals surface area (Å²) in [4.78, 5) is 21.0. The quantitative estimate of drug-likeness (QED) is 0.0558. The lowest BCUT2D eigenvalue weighted by molar-refractivity contribution is 0.0204. The van der Waals surface area contributed by atoms with Gasteiger partial charge >= 0.3 is 5.97 Å². The number of rotatable bonds is 14. The molecule has 0 amide bonds. The van der Waals surface area contributed by atoms with E-state index in [0.29, 0.717) is 30.0 Å². The molecule has 0 bridgehead atoms. The van der Waals surface area contributed by atoms with Gasteiger partial charge < -0.3 is 23.7 Å². The maximum Gasteiger partial charge on any atom is 0.344 e. The molecule has 0 saturated carbocycles. The van der Waals surface area contributed by atoms with Crippen LogP contribution >= 0.6 is 15.9 Å². The van der Waals surface area contributed by atoms with Crippen LogP contribution < -0.4 is 9.47 Å². The first kappa shape index (κ1) is 35.6. The number of hydrogen-bond donors (Lipinski definition) is 0. The molecule has 0 radical (unpaired) electrons. The molecule has 4 aromatic rings. The summed E-state index contributed by atoms with van der Waals surface area (Å²) in [6.45, 7) is 17.8. The number of fused-ring (bicyclic) bond motifs is 2. The van der Waals surface area contributed by atoms with E-state index in [4.69, 9.17) is 23.7 Å². The van der Waals surface area contributed by atoms with Crippen molar-refractivity contribution in [3.8, 4) is 11.5 Å². The zero-order valence-electron chi connectivity index (χ0n) is 26.9. The van der Waals surface area contributed by atoms with E-state index in [0.717, 1.165) is 45.2 Å². The molecule has 44 heavy (non-hydrogen) atoms. The maximum atomic E-state index is 12.3. The van der Waals surface area contributed by atoms with Gasteiger partial charge in [0.25, 0.3) is 0 Å². The standard InChI is InChI=1S/C18H25NO4Si.C15H20BrNO2Si/c1-5-22-18(20)16-15(23-13-21-11-12-24(2,3)4)9-8-14-7-6-10-19-17(14)16;1-20(2,3)10-9-18-11-19-13-7-6-12-5-4-8-17-15(12)14(13)16/h6-10H,5,11-13H2,1-4H3;4-8H,9-11H2,1-3H3. The minimum atomic E-state index is -1.13. The second-order valence-corrected chi connectivity index (χ2v) is 24.7. The van der Waals surface area contributed by atoms with Crippen LogP contribution in [0.3, 0.4) is 0 Å². The van der Waals surface area contributed by atoms with Gasteiger partial charge in [-0.25, -0.2) is 4.79 Å². The van der Waals surface area contributed by atoms with Crippen molar-refractivity contribution in [2.24, 2.45) is 0 Å². The van der Waals surface area contributed by atoms with Crippen LogP contribution in [0.2, 0.25) is 51.4 Å². The number of carbonyl (C=O) groups is 1. The van der Waals surface area contributed by atoms with Gasteiger partial charge in [0.05, 0.1) is 22.1 Å². The van der Waals surface area contributed by atoms with Crippen LogP contribution in [0, 0.1) is 0 Å². The Morgan fingerprint density at radius 1 is 0.727 bits per heavy atom. The molecule has 0 aliphatic carbocycles. The number of benzene rings is 2. The van der Waals surface area contributed by atoms with Crippen LogP contribution in [-0.4, -0.2) is 65.5 Å². The lowest BCUT2D eigenvalue weighted by Gasteiger charge is -2.16. The third-order valence-electron chi connectivity index (χ3n) is 6.48. The minimum absolute atomic E-state index is 0.106. The zero-order chi connectivity index (χ0) is 32.2. The number of pyridine rings is 2. The van der Waals surface area contributed by atoms with Gasteiger partial charge in [-0.15, -0.1) is 0 Å². The topological polar surface area (TPSA) is 89.0 Å². The fourth-order valence-corrected chi connectivity index (χ4v) is 6.03. The van der Waals surface area contributed by atoms with Gasteiger partial charge in [-0.2, -0.15) is 0 Å². The first-order valence-corrected chi connectivity index (χ1v) is 23.1. The average molecular weight is 702 g/mol. The van der Waals surface area contributed by atoms with Gasteiger partial charge in [-0.05, 0) is 71.3 Å². The first-order chi connectivity index (χ1) is 20.9. The summed E-state index contributed by atoms with van der Waals surface area (Å²) in [5, 5.41) is 1.96. The van der Waals surface area contributed by atoms with Crippen molar-refractivity contribution in [1.82, 2.24) is 9.97 Å². The molecular weight excluding hydrogens is 656 g/mol. The Balaban J connectivity index is 0.000000244. The number of carbonyl (C=O) groups excluding carboxylic acids is 1. The molecule has 0 aliphatic heterocycles. The molecule has 2 aromatic heterocycles. The van der Waals surface area contributed by atoms with Crippen molar-refractivity contribution < 1.29 is 28.5 Å². The summed E-state index contributed by atoms with van der Waals surface area (Å²) < 4.78 is 28.5. The van der Waals surface area contributed by atoms with Gasteiger partial charge in [0, 0.05) is 52.5 Å². The number of esters is 1.